The van der Waals surface area contributed by atoms with E-state index >= 15 is 0 Å². The molecule has 9 heteroatoms. The summed E-state index contributed by atoms with van der Waals surface area (Å²) < 4.78 is 37.6. The topological polar surface area (TPSA) is 97.6 Å². The maximum absolute atomic E-state index is 11.9. The highest BCUT2D eigenvalue weighted by atomic mass is 32.2. The lowest BCUT2D eigenvalue weighted by atomic mass is 9.92. The van der Waals surface area contributed by atoms with E-state index in [1.54, 1.807) is 12.1 Å². The fraction of sp³-hybridized carbons (Fsp3) is 0.579. The highest BCUT2D eigenvalue weighted by Crippen LogP contribution is 2.28. The smallest absolute Gasteiger partial charge is 0.324 e. The van der Waals surface area contributed by atoms with Crippen molar-refractivity contribution in [2.45, 2.75) is 50.5 Å². The van der Waals surface area contributed by atoms with Crippen LogP contribution >= 0.6 is 0 Å². The molecule has 1 radical (unpaired) electrons. The molecule has 0 bridgehead atoms. The van der Waals surface area contributed by atoms with Gasteiger partial charge in [0.05, 0.1) is 11.0 Å². The molecule has 1 N–H and O–H groups in total. The summed E-state index contributed by atoms with van der Waals surface area (Å²) in [4.78, 5) is 6.65. The number of aromatic nitrogens is 2. The first-order chi connectivity index (χ1) is 13.3. The van der Waals surface area contributed by atoms with E-state index in [9.17, 15) is 8.42 Å². The Bertz CT molecular complexity index is 889. The van der Waals surface area contributed by atoms with Crippen LogP contribution in [0, 0.1) is 12.0 Å². The van der Waals surface area contributed by atoms with Gasteiger partial charge in [-0.25, -0.2) is 13.1 Å². The minimum Gasteiger partial charge on any atom is -0.490 e. The van der Waals surface area contributed by atoms with Crippen LogP contribution in [0.5, 0.6) is 5.75 Å². The van der Waals surface area contributed by atoms with E-state index in [1.807, 2.05) is 20.8 Å². The molecular weight excluding hydrogens is 380 g/mol. The number of piperidine rings is 1. The van der Waals surface area contributed by atoms with Gasteiger partial charge in [-0.15, -0.1) is 0 Å². The predicted molar refractivity (Wildman–Crippen MR) is 105 cm³/mol. The molecule has 1 saturated heterocycles. The molecule has 2 heterocycles. The summed E-state index contributed by atoms with van der Waals surface area (Å²) in [7, 11) is -2.16. The number of nitrogens with one attached hydrogen (secondary N) is 1. The van der Waals surface area contributed by atoms with Crippen LogP contribution in [0.25, 0.3) is 0 Å². The zero-order chi connectivity index (χ0) is 20.3. The van der Waals surface area contributed by atoms with E-state index in [1.165, 1.54) is 13.1 Å². The third-order valence-corrected chi connectivity index (χ3v) is 6.40. The summed E-state index contributed by atoms with van der Waals surface area (Å²) in [5, 5.41) is 4.03. The summed E-state index contributed by atoms with van der Waals surface area (Å²) in [6.45, 7) is 7.73. The first kappa shape index (κ1) is 20.6. The molecule has 1 aliphatic heterocycles. The molecule has 1 atom stereocenters. The van der Waals surface area contributed by atoms with Crippen molar-refractivity contribution in [2.24, 2.45) is 5.92 Å². The molecule has 1 aromatic carbocycles. The van der Waals surface area contributed by atoms with Crippen LogP contribution in [0.4, 0.5) is 6.01 Å². The van der Waals surface area contributed by atoms with Crippen molar-refractivity contribution < 1.29 is 17.7 Å². The van der Waals surface area contributed by atoms with Gasteiger partial charge in [-0.2, -0.15) is 4.98 Å². The van der Waals surface area contributed by atoms with E-state index in [0.717, 1.165) is 31.8 Å². The van der Waals surface area contributed by atoms with Crippen LogP contribution in [-0.2, 0) is 10.0 Å². The molecule has 153 valence electrons. The van der Waals surface area contributed by atoms with Gasteiger partial charge in [0, 0.05) is 31.1 Å². The van der Waals surface area contributed by atoms with E-state index in [2.05, 4.69) is 25.8 Å². The summed E-state index contributed by atoms with van der Waals surface area (Å²) in [6, 6.07) is 8.10. The monoisotopic (exact) mass is 407 g/mol. The van der Waals surface area contributed by atoms with Gasteiger partial charge in [-0.1, -0.05) is 19.0 Å². The summed E-state index contributed by atoms with van der Waals surface area (Å²) in [5.74, 6) is 1.85. The van der Waals surface area contributed by atoms with Crippen LogP contribution in [0.1, 0.15) is 45.4 Å². The van der Waals surface area contributed by atoms with Gasteiger partial charge >= 0.3 is 6.01 Å². The quantitative estimate of drug-likeness (QED) is 0.753. The maximum atomic E-state index is 11.9. The lowest BCUT2D eigenvalue weighted by Gasteiger charge is -2.33. The number of anilines is 1. The highest BCUT2D eigenvalue weighted by Gasteiger charge is 2.28. The average molecular weight is 408 g/mol. The fourth-order valence-corrected chi connectivity index (χ4v) is 3.94. The summed E-state index contributed by atoms with van der Waals surface area (Å²) >= 11 is 0. The number of nitrogens with zero attached hydrogens (tertiary/aromatic N) is 3. The van der Waals surface area contributed by atoms with Gasteiger partial charge in [0.1, 0.15) is 5.75 Å². The minimum atomic E-state index is -3.54. The Morgan fingerprint density at radius 2 is 2.04 bits per heavy atom. The van der Waals surface area contributed by atoms with Crippen molar-refractivity contribution in [1.82, 2.24) is 14.9 Å². The molecule has 3 rings (SSSR count). The van der Waals surface area contributed by atoms with Gasteiger partial charge in [0.25, 0.3) is 0 Å². The second-order valence-electron chi connectivity index (χ2n) is 7.33. The molecule has 1 fully saturated rings. The highest BCUT2D eigenvalue weighted by molar-refractivity contribution is 7.89. The summed E-state index contributed by atoms with van der Waals surface area (Å²) in [5.41, 5.74) is 0. The van der Waals surface area contributed by atoms with Crippen LogP contribution in [0.3, 0.4) is 0 Å². The Labute approximate surface area is 166 Å². The van der Waals surface area contributed by atoms with Crippen LogP contribution in [0.2, 0.25) is 0 Å². The van der Waals surface area contributed by atoms with Gasteiger partial charge < -0.3 is 14.2 Å². The molecule has 0 saturated carbocycles. The van der Waals surface area contributed by atoms with Crippen molar-refractivity contribution in [3.8, 4) is 5.75 Å². The first-order valence-electron chi connectivity index (χ1n) is 9.50. The average Bonchev–Trinajstić information content (AvgIpc) is 3.19. The largest absolute Gasteiger partial charge is 0.490 e. The van der Waals surface area contributed by atoms with Gasteiger partial charge in [0.2, 0.25) is 10.0 Å². The maximum Gasteiger partial charge on any atom is 0.324 e. The number of rotatable bonds is 7. The van der Waals surface area contributed by atoms with E-state index in [0.29, 0.717) is 17.7 Å². The van der Waals surface area contributed by atoms with Crippen molar-refractivity contribution in [3.63, 3.8) is 0 Å². The summed E-state index contributed by atoms with van der Waals surface area (Å²) in [6.07, 6.45) is 1.83. The normalized spacial score (nSPS) is 17.1. The molecule has 0 aliphatic carbocycles. The number of hydrogen-bond acceptors (Lipinski definition) is 7. The molecular formula is C19H27N4O4S. The third kappa shape index (κ3) is 4.64. The molecule has 1 aliphatic rings. The molecule has 8 nitrogen and oxygen atoms in total. The lowest BCUT2D eigenvalue weighted by Crippen LogP contribution is -2.38. The second kappa shape index (κ2) is 8.48. The third-order valence-electron chi connectivity index (χ3n) is 5.05. The zero-order valence-corrected chi connectivity index (χ0v) is 17.5. The lowest BCUT2D eigenvalue weighted by molar-refractivity contribution is 0.131. The van der Waals surface area contributed by atoms with Crippen molar-refractivity contribution in [3.05, 3.63) is 30.1 Å². The van der Waals surface area contributed by atoms with Crippen LogP contribution < -0.4 is 14.4 Å². The molecule has 0 amide bonds. The van der Waals surface area contributed by atoms with Crippen LogP contribution in [0.15, 0.2) is 27.6 Å². The van der Waals surface area contributed by atoms with Crippen molar-refractivity contribution in [1.29, 1.82) is 0 Å². The fourth-order valence-electron chi connectivity index (χ4n) is 3.22. The molecule has 1 aromatic heterocycles. The number of sulfonamides is 1. The Kier molecular flexibility index (Phi) is 6.24. The van der Waals surface area contributed by atoms with E-state index in [-0.39, 0.29) is 16.9 Å². The van der Waals surface area contributed by atoms with Crippen molar-refractivity contribution in [2.75, 3.05) is 25.0 Å². The van der Waals surface area contributed by atoms with E-state index in [4.69, 9.17) is 9.26 Å². The number of ether oxygens (including phenoxy) is 1. The molecule has 2 aromatic rings. The van der Waals surface area contributed by atoms with Gasteiger partial charge in [-0.05, 0) is 44.9 Å². The molecule has 1 unspecified atom stereocenters. The van der Waals surface area contributed by atoms with E-state index < -0.39 is 10.0 Å². The molecule has 0 spiro atoms. The predicted octanol–water partition coefficient (Wildman–Crippen LogP) is 2.59. The number of hydrogen-bond donors (Lipinski definition) is 1. The molecule has 28 heavy (non-hydrogen) atoms. The Morgan fingerprint density at radius 3 is 2.64 bits per heavy atom. The van der Waals surface area contributed by atoms with Gasteiger partial charge in [-0.3, -0.25) is 0 Å². The zero-order valence-electron chi connectivity index (χ0n) is 16.7. The SMILES string of the molecule is CNS(=O)(=O)c1[c]ccc(OC(C)C2CCN(c3nc(C(C)C)no3)CC2)c1. The minimum absolute atomic E-state index is 0.0383. The Balaban J connectivity index is 1.58. The van der Waals surface area contributed by atoms with Crippen molar-refractivity contribution >= 4 is 16.0 Å². The first-order valence-corrected chi connectivity index (χ1v) is 11.0. The number of benzene rings is 1. The second-order valence-corrected chi connectivity index (χ2v) is 9.19. The van der Waals surface area contributed by atoms with Crippen LogP contribution in [-0.4, -0.2) is 44.8 Å². The standard InChI is InChI=1S/C19H27N4O4S/c1-13(2)18-21-19(27-22-18)23-10-8-15(9-11-23)14(3)26-16-6-5-7-17(12-16)28(24,25)20-4/h5-6,12-15,20H,8-11H2,1-4H3. The van der Waals surface area contributed by atoms with Gasteiger partial charge in [0.15, 0.2) is 5.82 Å². The Hall–Kier alpha value is -2.13. The Morgan fingerprint density at radius 1 is 1.32 bits per heavy atom.